The molecule has 2 aliphatic rings. The van der Waals surface area contributed by atoms with E-state index in [1.807, 2.05) is 19.1 Å². The molecule has 4 rings (SSSR count). The number of phenols is 1. The first-order valence-corrected chi connectivity index (χ1v) is 7.43. The van der Waals surface area contributed by atoms with Crippen LogP contribution in [-0.2, 0) is 4.79 Å². The van der Waals surface area contributed by atoms with E-state index in [-0.39, 0.29) is 17.5 Å². The van der Waals surface area contributed by atoms with Crippen LogP contribution < -0.4 is 5.32 Å². The van der Waals surface area contributed by atoms with Gasteiger partial charge in [0.15, 0.2) is 5.78 Å². The number of Topliss-reactive ketones (excluding diaryl/α,β-unsaturated/α-hetero) is 1. The second-order valence-corrected chi connectivity index (χ2v) is 5.83. The number of aryl methyl sites for hydroxylation is 1. The van der Waals surface area contributed by atoms with Crippen molar-refractivity contribution in [3.8, 4) is 5.75 Å². The van der Waals surface area contributed by atoms with Crippen LogP contribution in [0.4, 0.5) is 5.88 Å². The smallest absolute Gasteiger partial charge is 0.233 e. The molecule has 0 unspecified atom stereocenters. The van der Waals surface area contributed by atoms with Crippen molar-refractivity contribution in [1.29, 1.82) is 0 Å². The van der Waals surface area contributed by atoms with E-state index < -0.39 is 0 Å². The van der Waals surface area contributed by atoms with Crippen molar-refractivity contribution in [1.82, 2.24) is 5.16 Å². The lowest BCUT2D eigenvalue weighted by molar-refractivity contribution is -0.116. The SMILES string of the molecule is Cc1noc2c1[C@H](c1ccc(O)cc1)C1=C(CCCC1=O)N2. The number of rotatable bonds is 1. The molecule has 1 aliphatic heterocycles. The first-order valence-electron chi connectivity index (χ1n) is 7.43. The molecule has 2 heterocycles. The van der Waals surface area contributed by atoms with E-state index in [1.54, 1.807) is 12.1 Å². The van der Waals surface area contributed by atoms with Gasteiger partial charge < -0.3 is 14.9 Å². The minimum atomic E-state index is -0.175. The number of aromatic hydroxyl groups is 1. The number of hydrogen-bond donors (Lipinski definition) is 2. The number of aromatic nitrogens is 1. The second-order valence-electron chi connectivity index (χ2n) is 5.83. The predicted molar refractivity (Wildman–Crippen MR) is 80.7 cm³/mol. The molecule has 1 aromatic heterocycles. The monoisotopic (exact) mass is 296 g/mol. The fraction of sp³-hybridized carbons (Fsp3) is 0.294. The van der Waals surface area contributed by atoms with Crippen molar-refractivity contribution in [2.45, 2.75) is 32.1 Å². The Labute approximate surface area is 127 Å². The first kappa shape index (κ1) is 13.1. The second kappa shape index (κ2) is 4.73. The molecule has 2 aromatic rings. The van der Waals surface area contributed by atoms with Crippen LogP contribution in [0.5, 0.6) is 5.75 Å². The molecule has 0 amide bonds. The number of nitrogens with one attached hydrogen (secondary N) is 1. The highest BCUT2D eigenvalue weighted by Crippen LogP contribution is 2.46. The average Bonchev–Trinajstić information content (AvgIpc) is 2.88. The maximum Gasteiger partial charge on any atom is 0.233 e. The molecule has 0 spiro atoms. The zero-order chi connectivity index (χ0) is 15.3. The minimum Gasteiger partial charge on any atom is -0.508 e. The Morgan fingerprint density at radius 2 is 2.05 bits per heavy atom. The van der Waals surface area contributed by atoms with Gasteiger partial charge in [-0.05, 0) is 37.5 Å². The number of carbonyl (C=O) groups is 1. The molecule has 0 saturated carbocycles. The third kappa shape index (κ3) is 1.85. The normalized spacial score (nSPS) is 20.4. The molecule has 0 fully saturated rings. The summed E-state index contributed by atoms with van der Waals surface area (Å²) in [5.41, 5.74) is 4.42. The summed E-state index contributed by atoms with van der Waals surface area (Å²) in [5, 5.41) is 16.8. The summed E-state index contributed by atoms with van der Waals surface area (Å²) in [6.07, 6.45) is 2.28. The van der Waals surface area contributed by atoms with Crippen molar-refractivity contribution < 1.29 is 14.4 Å². The first-order chi connectivity index (χ1) is 10.6. The van der Waals surface area contributed by atoms with E-state index in [0.29, 0.717) is 12.3 Å². The number of carbonyl (C=O) groups excluding carboxylic acids is 1. The number of hydrogen-bond acceptors (Lipinski definition) is 5. The van der Waals surface area contributed by atoms with Crippen molar-refractivity contribution in [2.24, 2.45) is 0 Å². The van der Waals surface area contributed by atoms with E-state index >= 15 is 0 Å². The van der Waals surface area contributed by atoms with Crippen molar-refractivity contribution >= 4 is 11.7 Å². The van der Waals surface area contributed by atoms with Crippen LogP contribution in [0.3, 0.4) is 0 Å². The van der Waals surface area contributed by atoms with E-state index in [4.69, 9.17) is 4.52 Å². The highest BCUT2D eigenvalue weighted by molar-refractivity contribution is 6.00. The lowest BCUT2D eigenvalue weighted by atomic mass is 9.76. The zero-order valence-electron chi connectivity index (χ0n) is 12.2. The van der Waals surface area contributed by atoms with Gasteiger partial charge in [0.25, 0.3) is 0 Å². The van der Waals surface area contributed by atoms with Crippen molar-refractivity contribution in [2.75, 3.05) is 5.32 Å². The van der Waals surface area contributed by atoms with Gasteiger partial charge in [-0.15, -0.1) is 0 Å². The summed E-state index contributed by atoms with van der Waals surface area (Å²) in [7, 11) is 0. The van der Waals surface area contributed by atoms with Gasteiger partial charge in [-0.25, -0.2) is 0 Å². The lowest BCUT2D eigenvalue weighted by Gasteiger charge is -2.31. The van der Waals surface area contributed by atoms with Crippen LogP contribution >= 0.6 is 0 Å². The lowest BCUT2D eigenvalue weighted by Crippen LogP contribution is -2.26. The standard InChI is InChI=1S/C17H16N2O3/c1-9-14-15(10-5-7-11(20)8-6-10)16-12(3-2-4-13(16)21)18-17(14)22-19-9/h5-8,15,18,20H,2-4H2,1H3/t15-/m0/s1. The molecule has 5 nitrogen and oxygen atoms in total. The van der Waals surface area contributed by atoms with E-state index in [1.165, 1.54) is 0 Å². The molecular formula is C17H16N2O3. The number of nitrogens with zero attached hydrogens (tertiary/aromatic N) is 1. The van der Waals surface area contributed by atoms with Crippen LogP contribution in [0.15, 0.2) is 40.1 Å². The Kier molecular flexibility index (Phi) is 2.82. The van der Waals surface area contributed by atoms with Gasteiger partial charge in [-0.2, -0.15) is 0 Å². The number of fused-ring (bicyclic) bond motifs is 1. The molecule has 0 radical (unpaired) electrons. The maximum atomic E-state index is 12.5. The van der Waals surface area contributed by atoms with Gasteiger partial charge in [0.05, 0.1) is 11.3 Å². The van der Waals surface area contributed by atoms with Gasteiger partial charge in [-0.1, -0.05) is 17.3 Å². The molecule has 22 heavy (non-hydrogen) atoms. The Bertz CT molecular complexity index is 787. The Morgan fingerprint density at radius 1 is 1.27 bits per heavy atom. The van der Waals surface area contributed by atoms with E-state index in [9.17, 15) is 9.90 Å². The maximum absolute atomic E-state index is 12.5. The number of anilines is 1. The Morgan fingerprint density at radius 3 is 2.82 bits per heavy atom. The molecule has 1 atom stereocenters. The highest BCUT2D eigenvalue weighted by Gasteiger charge is 2.38. The Balaban J connectivity index is 1.94. The third-order valence-electron chi connectivity index (χ3n) is 4.43. The van der Waals surface area contributed by atoms with Crippen LogP contribution in [0.1, 0.15) is 42.0 Å². The number of allylic oxidation sites excluding steroid dienone is 2. The number of ketones is 1. The molecule has 5 heteroatoms. The van der Waals surface area contributed by atoms with Gasteiger partial charge >= 0.3 is 0 Å². The summed E-state index contributed by atoms with van der Waals surface area (Å²) in [6, 6.07) is 7.00. The summed E-state index contributed by atoms with van der Waals surface area (Å²) in [6.45, 7) is 1.89. The Hall–Kier alpha value is -2.56. The van der Waals surface area contributed by atoms with Crippen LogP contribution in [0, 0.1) is 6.92 Å². The largest absolute Gasteiger partial charge is 0.508 e. The summed E-state index contributed by atoms with van der Waals surface area (Å²) >= 11 is 0. The highest BCUT2D eigenvalue weighted by atomic mass is 16.5. The fourth-order valence-electron chi connectivity index (χ4n) is 3.42. The van der Waals surface area contributed by atoms with Crippen molar-refractivity contribution in [3.05, 3.63) is 52.4 Å². The van der Waals surface area contributed by atoms with Crippen LogP contribution in [0.25, 0.3) is 0 Å². The van der Waals surface area contributed by atoms with Crippen molar-refractivity contribution in [3.63, 3.8) is 0 Å². The fourth-order valence-corrected chi connectivity index (χ4v) is 3.42. The van der Waals surface area contributed by atoms with E-state index in [0.717, 1.165) is 40.9 Å². The molecule has 1 aromatic carbocycles. The summed E-state index contributed by atoms with van der Waals surface area (Å²) in [5.74, 6) is 0.845. The zero-order valence-corrected chi connectivity index (χ0v) is 12.2. The van der Waals surface area contributed by atoms with Gasteiger partial charge in [0.2, 0.25) is 5.88 Å². The predicted octanol–water partition coefficient (Wildman–Crippen LogP) is 3.25. The molecular weight excluding hydrogens is 280 g/mol. The molecule has 2 N–H and O–H groups in total. The topological polar surface area (TPSA) is 75.4 Å². The van der Waals surface area contributed by atoms with E-state index in [2.05, 4.69) is 10.5 Å². The summed E-state index contributed by atoms with van der Waals surface area (Å²) in [4.78, 5) is 12.5. The quantitative estimate of drug-likeness (QED) is 0.845. The summed E-state index contributed by atoms with van der Waals surface area (Å²) < 4.78 is 5.39. The number of phenolic OH excluding ortho intramolecular Hbond substituents is 1. The van der Waals surface area contributed by atoms with Crippen LogP contribution in [-0.4, -0.2) is 16.0 Å². The molecule has 0 bridgehead atoms. The van der Waals surface area contributed by atoms with Gasteiger partial charge in [0.1, 0.15) is 5.75 Å². The van der Waals surface area contributed by atoms with Gasteiger partial charge in [-0.3, -0.25) is 4.79 Å². The van der Waals surface area contributed by atoms with Crippen LogP contribution in [0.2, 0.25) is 0 Å². The number of benzene rings is 1. The molecule has 0 saturated heterocycles. The minimum absolute atomic E-state index is 0.175. The molecule has 112 valence electrons. The third-order valence-corrected chi connectivity index (χ3v) is 4.43. The molecule has 1 aliphatic carbocycles. The average molecular weight is 296 g/mol. The van der Waals surface area contributed by atoms with Gasteiger partial charge in [0, 0.05) is 23.6 Å².